The summed E-state index contributed by atoms with van der Waals surface area (Å²) >= 11 is 0. The summed E-state index contributed by atoms with van der Waals surface area (Å²) in [6, 6.07) is 0. The zero-order valence-corrected chi connectivity index (χ0v) is 7.67. The molecule has 1 saturated heterocycles. The summed E-state index contributed by atoms with van der Waals surface area (Å²) in [7, 11) is 0. The van der Waals surface area contributed by atoms with Gasteiger partial charge in [0.05, 0.1) is 24.9 Å². The van der Waals surface area contributed by atoms with Crippen molar-refractivity contribution in [3.05, 3.63) is 0 Å². The van der Waals surface area contributed by atoms with Gasteiger partial charge in [-0.25, -0.2) is 0 Å². The lowest BCUT2D eigenvalue weighted by Crippen LogP contribution is -2.41. The van der Waals surface area contributed by atoms with E-state index in [4.69, 9.17) is 9.47 Å². The van der Waals surface area contributed by atoms with Gasteiger partial charge in [-0.2, -0.15) is 0 Å². The van der Waals surface area contributed by atoms with Gasteiger partial charge < -0.3 is 9.47 Å². The fourth-order valence-electron chi connectivity index (χ4n) is 1.46. The van der Waals surface area contributed by atoms with Crippen molar-refractivity contribution in [1.29, 1.82) is 0 Å². The molecule has 66 valence electrons. The zero-order chi connectivity index (χ0) is 8.27. The molecule has 2 nitrogen and oxygen atoms in total. The first-order chi connectivity index (χ1) is 5.27. The van der Waals surface area contributed by atoms with Crippen LogP contribution in [0.4, 0.5) is 0 Å². The monoisotopic (exact) mass is 158 g/mol. The van der Waals surface area contributed by atoms with E-state index >= 15 is 0 Å². The first-order valence-electron chi connectivity index (χ1n) is 4.55. The minimum absolute atomic E-state index is 0.277. The molecule has 0 aromatic heterocycles. The molecule has 1 fully saturated rings. The third-order valence-electron chi connectivity index (χ3n) is 2.28. The maximum atomic E-state index is 5.71. The van der Waals surface area contributed by atoms with Crippen LogP contribution < -0.4 is 0 Å². The van der Waals surface area contributed by atoms with Crippen LogP contribution in [0.3, 0.4) is 0 Å². The van der Waals surface area contributed by atoms with Gasteiger partial charge in [-0.15, -0.1) is 0 Å². The smallest absolute Gasteiger partial charge is 0.0832 e. The molecule has 0 saturated carbocycles. The van der Waals surface area contributed by atoms with Gasteiger partial charge in [0.2, 0.25) is 0 Å². The van der Waals surface area contributed by atoms with Crippen LogP contribution >= 0.6 is 0 Å². The normalized spacial score (nSPS) is 39.0. The van der Waals surface area contributed by atoms with Gasteiger partial charge in [0, 0.05) is 0 Å². The van der Waals surface area contributed by atoms with Crippen molar-refractivity contribution in [2.75, 3.05) is 6.61 Å². The van der Waals surface area contributed by atoms with Gasteiger partial charge in [-0.3, -0.25) is 0 Å². The van der Waals surface area contributed by atoms with Crippen LogP contribution in [0.15, 0.2) is 0 Å². The molecule has 3 atom stereocenters. The van der Waals surface area contributed by atoms with Gasteiger partial charge in [-0.05, 0) is 19.8 Å². The average molecular weight is 158 g/mol. The van der Waals surface area contributed by atoms with E-state index in [-0.39, 0.29) is 6.10 Å². The topological polar surface area (TPSA) is 18.5 Å². The maximum absolute atomic E-state index is 5.71. The minimum Gasteiger partial charge on any atom is -0.373 e. The Morgan fingerprint density at radius 2 is 2.00 bits per heavy atom. The minimum atomic E-state index is 0.277. The molecule has 0 amide bonds. The van der Waals surface area contributed by atoms with Crippen molar-refractivity contribution < 1.29 is 9.47 Å². The third kappa shape index (κ3) is 2.17. The first-order valence-corrected chi connectivity index (χ1v) is 4.55. The van der Waals surface area contributed by atoms with E-state index in [2.05, 4.69) is 20.8 Å². The maximum Gasteiger partial charge on any atom is 0.0832 e. The van der Waals surface area contributed by atoms with Crippen LogP contribution in [0.5, 0.6) is 0 Å². The van der Waals surface area contributed by atoms with Crippen LogP contribution in [0.2, 0.25) is 0 Å². The standard InChI is InChI=1S/C9H18O2/c1-4-8-6-10-9(5-2)7(3)11-8/h7-9H,4-6H2,1-3H3. The van der Waals surface area contributed by atoms with Gasteiger partial charge in [0.25, 0.3) is 0 Å². The van der Waals surface area contributed by atoms with Crippen molar-refractivity contribution in [3.8, 4) is 0 Å². The Bertz CT molecular complexity index is 114. The largest absolute Gasteiger partial charge is 0.373 e. The Morgan fingerprint density at radius 1 is 1.27 bits per heavy atom. The molecule has 0 aliphatic carbocycles. The van der Waals surface area contributed by atoms with E-state index in [1.54, 1.807) is 0 Å². The summed E-state index contributed by atoms with van der Waals surface area (Å²) in [6.45, 7) is 7.14. The number of hydrogen-bond donors (Lipinski definition) is 0. The summed E-state index contributed by atoms with van der Waals surface area (Å²) in [4.78, 5) is 0. The lowest BCUT2D eigenvalue weighted by molar-refractivity contribution is -0.174. The molecule has 0 aromatic carbocycles. The third-order valence-corrected chi connectivity index (χ3v) is 2.28. The second kappa shape index (κ2) is 4.07. The lowest BCUT2D eigenvalue weighted by atomic mass is 10.1. The summed E-state index contributed by atoms with van der Waals surface area (Å²) in [5, 5.41) is 0. The molecular weight excluding hydrogens is 140 g/mol. The molecule has 3 unspecified atom stereocenters. The van der Waals surface area contributed by atoms with Gasteiger partial charge in [0.15, 0.2) is 0 Å². The van der Waals surface area contributed by atoms with Crippen LogP contribution in [0.1, 0.15) is 33.6 Å². The van der Waals surface area contributed by atoms with E-state index < -0.39 is 0 Å². The molecule has 11 heavy (non-hydrogen) atoms. The van der Waals surface area contributed by atoms with Crippen LogP contribution in [0.25, 0.3) is 0 Å². The Hall–Kier alpha value is -0.0800. The highest BCUT2D eigenvalue weighted by molar-refractivity contribution is 4.72. The quantitative estimate of drug-likeness (QED) is 0.611. The van der Waals surface area contributed by atoms with Crippen molar-refractivity contribution in [1.82, 2.24) is 0 Å². The fraction of sp³-hybridized carbons (Fsp3) is 1.00. The van der Waals surface area contributed by atoms with Gasteiger partial charge in [-0.1, -0.05) is 13.8 Å². The highest BCUT2D eigenvalue weighted by Gasteiger charge is 2.26. The molecule has 1 rings (SSSR count). The Labute approximate surface area is 68.9 Å². The number of hydrogen-bond acceptors (Lipinski definition) is 2. The van der Waals surface area contributed by atoms with Crippen molar-refractivity contribution in [3.63, 3.8) is 0 Å². The van der Waals surface area contributed by atoms with Crippen molar-refractivity contribution in [2.45, 2.75) is 51.9 Å². The van der Waals surface area contributed by atoms with E-state index in [1.807, 2.05) is 0 Å². The van der Waals surface area contributed by atoms with Crippen LogP contribution in [0, 0.1) is 0 Å². The summed E-state index contributed by atoms with van der Waals surface area (Å²) in [5.41, 5.74) is 0. The van der Waals surface area contributed by atoms with Crippen LogP contribution in [-0.2, 0) is 9.47 Å². The summed E-state index contributed by atoms with van der Waals surface area (Å²) < 4.78 is 11.3. The first kappa shape index (κ1) is 9.01. The van der Waals surface area contributed by atoms with Crippen molar-refractivity contribution >= 4 is 0 Å². The molecule has 0 bridgehead atoms. The molecule has 1 heterocycles. The number of ether oxygens (including phenoxy) is 2. The van der Waals surface area contributed by atoms with E-state index in [0.29, 0.717) is 12.2 Å². The predicted octanol–water partition coefficient (Wildman–Crippen LogP) is 1.98. The molecule has 0 N–H and O–H groups in total. The molecule has 2 heteroatoms. The van der Waals surface area contributed by atoms with Gasteiger partial charge >= 0.3 is 0 Å². The SMILES string of the molecule is CCC1COC(CC)C(C)O1. The lowest BCUT2D eigenvalue weighted by Gasteiger charge is -2.33. The average Bonchev–Trinajstić information content (AvgIpc) is 2.04. The van der Waals surface area contributed by atoms with E-state index in [1.165, 1.54) is 0 Å². The Balaban J connectivity index is 2.34. The van der Waals surface area contributed by atoms with E-state index in [9.17, 15) is 0 Å². The molecule has 0 spiro atoms. The molecule has 0 radical (unpaired) electrons. The zero-order valence-electron chi connectivity index (χ0n) is 7.67. The highest BCUT2D eigenvalue weighted by Crippen LogP contribution is 2.18. The van der Waals surface area contributed by atoms with E-state index in [0.717, 1.165) is 19.4 Å². The summed E-state index contributed by atoms with van der Waals surface area (Å²) in [6.07, 6.45) is 3.03. The molecule has 0 aromatic rings. The number of rotatable bonds is 2. The second-order valence-corrected chi connectivity index (χ2v) is 3.15. The fourth-order valence-corrected chi connectivity index (χ4v) is 1.46. The Kier molecular flexibility index (Phi) is 3.34. The second-order valence-electron chi connectivity index (χ2n) is 3.15. The predicted molar refractivity (Wildman–Crippen MR) is 44.7 cm³/mol. The molecule has 1 aliphatic heterocycles. The van der Waals surface area contributed by atoms with Crippen LogP contribution in [-0.4, -0.2) is 24.9 Å². The highest BCUT2D eigenvalue weighted by atomic mass is 16.6. The molecular formula is C9H18O2. The van der Waals surface area contributed by atoms with Gasteiger partial charge in [0.1, 0.15) is 0 Å². The Morgan fingerprint density at radius 3 is 2.45 bits per heavy atom. The summed E-state index contributed by atoms with van der Waals surface area (Å²) in [5.74, 6) is 0. The molecule has 1 aliphatic rings. The van der Waals surface area contributed by atoms with Crippen molar-refractivity contribution in [2.24, 2.45) is 0 Å².